The van der Waals surface area contributed by atoms with Crippen LogP contribution in [0.15, 0.2) is 111 Å². The molecule has 0 aliphatic heterocycles. The molecule has 2 aromatic rings. The zero-order chi connectivity index (χ0) is 22.2. The van der Waals surface area contributed by atoms with Crippen LogP contribution in [0.4, 0.5) is 0 Å². The minimum Gasteiger partial charge on any atom is -0.478 e. The van der Waals surface area contributed by atoms with E-state index in [-0.39, 0.29) is 0 Å². The van der Waals surface area contributed by atoms with Gasteiger partial charge in [-0.2, -0.15) is 10.5 Å². The Bertz CT molecular complexity index is 853. The van der Waals surface area contributed by atoms with E-state index in [0.29, 0.717) is 0 Å². The maximum atomic E-state index is 9.25. The second-order valence-corrected chi connectivity index (χ2v) is 4.75. The van der Waals surface area contributed by atoms with Crippen LogP contribution in [0.3, 0.4) is 0 Å². The van der Waals surface area contributed by atoms with Crippen molar-refractivity contribution in [1.29, 1.82) is 10.5 Å². The van der Waals surface area contributed by atoms with Gasteiger partial charge in [0.2, 0.25) is 0 Å². The maximum Gasteiger partial charge on any atom is 0.327 e. The van der Waals surface area contributed by atoms with Crippen LogP contribution >= 0.6 is 0 Å². The predicted octanol–water partition coefficient (Wildman–Crippen LogP) is 6.06. The third-order valence-corrected chi connectivity index (χ3v) is 2.67. The monoisotopic (exact) mass is 384 g/mol. The molecule has 0 aliphatic carbocycles. The fourth-order valence-electron chi connectivity index (χ4n) is 1.42. The quantitative estimate of drug-likeness (QED) is 0.394. The van der Waals surface area contributed by atoms with Gasteiger partial charge < -0.3 is 5.11 Å². The van der Waals surface area contributed by atoms with E-state index in [4.69, 9.17) is 15.6 Å². The summed E-state index contributed by atoms with van der Waals surface area (Å²) in [5, 5.41) is 23.3. The summed E-state index contributed by atoms with van der Waals surface area (Å²) in [6.45, 7) is 9.71. The molecule has 0 amide bonds. The lowest BCUT2D eigenvalue weighted by molar-refractivity contribution is -0.131. The minimum absolute atomic E-state index is 0.833. The molecule has 2 rings (SSSR count). The molecular weight excluding hydrogens is 360 g/mol. The van der Waals surface area contributed by atoms with E-state index in [0.717, 1.165) is 11.6 Å². The molecule has 2 aromatic carbocycles. The van der Waals surface area contributed by atoms with Crippen molar-refractivity contribution in [3.63, 3.8) is 0 Å². The van der Waals surface area contributed by atoms with Crippen molar-refractivity contribution in [3.05, 3.63) is 122 Å². The average Bonchev–Trinajstić information content (AvgIpc) is 2.79. The Balaban J connectivity index is 0. The number of carboxylic acid groups (broad SMARTS) is 1. The number of rotatable bonds is 4. The second kappa shape index (κ2) is 21.6. The number of aliphatic carboxylic acids is 1. The van der Waals surface area contributed by atoms with E-state index >= 15 is 0 Å². The Morgan fingerprint density at radius 3 is 1.59 bits per heavy atom. The molecule has 146 valence electrons. The van der Waals surface area contributed by atoms with Gasteiger partial charge in [0.1, 0.15) is 0 Å². The van der Waals surface area contributed by atoms with Gasteiger partial charge in [0, 0.05) is 18.2 Å². The lowest BCUT2D eigenvalue weighted by Crippen LogP contribution is -1.82. The molecule has 0 atom stereocenters. The van der Waals surface area contributed by atoms with Crippen LogP contribution in [0.5, 0.6) is 0 Å². The van der Waals surface area contributed by atoms with Crippen molar-refractivity contribution in [1.82, 2.24) is 0 Å². The van der Waals surface area contributed by atoms with Crippen LogP contribution in [-0.4, -0.2) is 11.1 Å². The molecule has 4 heteroatoms. The van der Waals surface area contributed by atoms with E-state index in [1.54, 1.807) is 12.1 Å². The Hall–Kier alpha value is -4.41. The lowest BCUT2D eigenvalue weighted by atomic mass is 10.2. The number of carboxylic acids is 1. The van der Waals surface area contributed by atoms with Gasteiger partial charge in [0.25, 0.3) is 0 Å². The fourth-order valence-corrected chi connectivity index (χ4v) is 1.42. The van der Waals surface area contributed by atoms with Gasteiger partial charge in [-0.05, 0) is 11.1 Å². The fraction of sp³-hybridized carbons (Fsp3) is 0. The molecule has 4 nitrogen and oxygen atoms in total. The lowest BCUT2D eigenvalue weighted by Gasteiger charge is -1.87. The number of carbonyl (C=O) groups is 1. The molecule has 29 heavy (non-hydrogen) atoms. The summed E-state index contributed by atoms with van der Waals surface area (Å²) < 4.78 is 0. The Kier molecular flexibility index (Phi) is 20.0. The summed E-state index contributed by atoms with van der Waals surface area (Å²) in [4.78, 5) is 9.25. The first-order valence-electron chi connectivity index (χ1n) is 8.36. The molecule has 0 spiro atoms. The molecule has 0 unspecified atom stereocenters. The summed E-state index contributed by atoms with van der Waals surface area (Å²) in [6.07, 6.45) is 10.8. The second-order valence-electron chi connectivity index (χ2n) is 4.75. The molecular formula is C25H24N2O2. The van der Waals surface area contributed by atoms with Gasteiger partial charge >= 0.3 is 5.97 Å². The van der Waals surface area contributed by atoms with Gasteiger partial charge in [-0.25, -0.2) is 4.79 Å². The van der Waals surface area contributed by atoms with Crippen LogP contribution in [0.1, 0.15) is 11.1 Å². The van der Waals surface area contributed by atoms with E-state index in [2.05, 4.69) is 19.7 Å². The Labute approximate surface area is 173 Å². The van der Waals surface area contributed by atoms with Crippen molar-refractivity contribution in [3.8, 4) is 12.1 Å². The Morgan fingerprint density at radius 1 is 0.828 bits per heavy atom. The van der Waals surface area contributed by atoms with E-state index < -0.39 is 5.97 Å². The van der Waals surface area contributed by atoms with Crippen LogP contribution in [0, 0.1) is 22.7 Å². The number of hydrogen-bond acceptors (Lipinski definition) is 3. The van der Waals surface area contributed by atoms with Crippen LogP contribution in [-0.2, 0) is 4.79 Å². The van der Waals surface area contributed by atoms with E-state index in [9.17, 15) is 4.79 Å². The molecule has 0 aliphatic rings. The van der Waals surface area contributed by atoms with Crippen LogP contribution in [0.25, 0.3) is 12.2 Å². The highest BCUT2D eigenvalue weighted by Crippen LogP contribution is 2.00. The van der Waals surface area contributed by atoms with Gasteiger partial charge in [-0.1, -0.05) is 105 Å². The SMILES string of the molecule is C=CC#N.C=CC(=O)O.C=Cc1ccccc1.N#CC=CC=Cc1ccccc1. The summed E-state index contributed by atoms with van der Waals surface area (Å²) in [6, 6.07) is 23.6. The van der Waals surface area contributed by atoms with Crippen molar-refractivity contribution >= 4 is 18.1 Å². The zero-order valence-electron chi connectivity index (χ0n) is 16.2. The first kappa shape index (κ1) is 26.8. The van der Waals surface area contributed by atoms with Crippen molar-refractivity contribution in [2.45, 2.75) is 0 Å². The third kappa shape index (κ3) is 21.5. The molecule has 0 heterocycles. The van der Waals surface area contributed by atoms with E-state index in [1.807, 2.05) is 85.0 Å². The minimum atomic E-state index is -0.981. The highest BCUT2D eigenvalue weighted by Gasteiger charge is 1.79. The standard InChI is InChI=1S/C11H9N.C8H8.C3H3N.C3H4O2/c12-10-6-2-5-9-11-7-3-1-4-8-11;1-2-8-6-4-3-5-7-8;1-2-3-4;1-2-3(4)5/h1-9H;2-7H,1H2;2H,1H2;2H,1H2,(H,4,5). The zero-order valence-corrected chi connectivity index (χ0v) is 16.2. The van der Waals surface area contributed by atoms with Gasteiger partial charge in [0.05, 0.1) is 12.1 Å². The summed E-state index contributed by atoms with van der Waals surface area (Å²) in [7, 11) is 0. The van der Waals surface area contributed by atoms with Crippen molar-refractivity contribution in [2.24, 2.45) is 0 Å². The number of hydrogen-bond donors (Lipinski definition) is 1. The van der Waals surface area contributed by atoms with Crippen molar-refractivity contribution < 1.29 is 9.90 Å². The Morgan fingerprint density at radius 2 is 1.28 bits per heavy atom. The molecule has 0 saturated carbocycles. The number of nitrogens with zero attached hydrogens (tertiary/aromatic N) is 2. The molecule has 0 saturated heterocycles. The van der Waals surface area contributed by atoms with Crippen LogP contribution < -0.4 is 0 Å². The molecule has 0 radical (unpaired) electrons. The smallest absolute Gasteiger partial charge is 0.327 e. The predicted molar refractivity (Wildman–Crippen MR) is 120 cm³/mol. The molecule has 0 fully saturated rings. The highest BCUT2D eigenvalue weighted by molar-refractivity contribution is 5.78. The first-order valence-corrected chi connectivity index (χ1v) is 8.36. The van der Waals surface area contributed by atoms with Gasteiger partial charge in [0.15, 0.2) is 0 Å². The normalized spacial score (nSPS) is 8.34. The third-order valence-electron chi connectivity index (χ3n) is 2.67. The first-order chi connectivity index (χ1) is 14.0. The van der Waals surface area contributed by atoms with Gasteiger partial charge in [-0.3, -0.25) is 0 Å². The summed E-state index contributed by atoms with van der Waals surface area (Å²) in [5.74, 6) is -0.981. The average molecular weight is 384 g/mol. The number of allylic oxidation sites excluding steroid dienone is 4. The van der Waals surface area contributed by atoms with Crippen LogP contribution in [0.2, 0.25) is 0 Å². The number of nitriles is 2. The summed E-state index contributed by atoms with van der Waals surface area (Å²) in [5.41, 5.74) is 2.31. The largest absolute Gasteiger partial charge is 0.478 e. The molecule has 1 N–H and O–H groups in total. The summed E-state index contributed by atoms with van der Waals surface area (Å²) >= 11 is 0. The maximum absolute atomic E-state index is 9.25. The van der Waals surface area contributed by atoms with Gasteiger partial charge in [-0.15, -0.1) is 0 Å². The molecule has 0 aromatic heterocycles. The highest BCUT2D eigenvalue weighted by atomic mass is 16.4. The number of benzene rings is 2. The topological polar surface area (TPSA) is 84.9 Å². The molecule has 0 bridgehead atoms. The van der Waals surface area contributed by atoms with Crippen molar-refractivity contribution in [2.75, 3.05) is 0 Å². The van der Waals surface area contributed by atoms with E-state index in [1.165, 1.54) is 17.7 Å².